The summed E-state index contributed by atoms with van der Waals surface area (Å²) >= 11 is 0. The van der Waals surface area contributed by atoms with Crippen LogP contribution in [-0.2, 0) is 6.42 Å². The van der Waals surface area contributed by atoms with Gasteiger partial charge < -0.3 is 16.2 Å². The molecular formula is C17H20N2O2. The minimum Gasteiger partial charge on any atom is -0.508 e. The normalized spacial score (nSPS) is 11.9. The van der Waals surface area contributed by atoms with Crippen LogP contribution < -0.4 is 11.1 Å². The number of nitrogens with two attached hydrogens (primary N) is 1. The molecule has 1 unspecified atom stereocenters. The third-order valence-electron chi connectivity index (χ3n) is 3.38. The van der Waals surface area contributed by atoms with Gasteiger partial charge in [0.1, 0.15) is 5.75 Å². The minimum atomic E-state index is -0.415. The van der Waals surface area contributed by atoms with Gasteiger partial charge in [-0.05, 0) is 61.7 Å². The summed E-state index contributed by atoms with van der Waals surface area (Å²) in [6.45, 7) is 2.11. The number of amides is 1. The van der Waals surface area contributed by atoms with Crippen LogP contribution >= 0.6 is 0 Å². The highest BCUT2D eigenvalue weighted by Gasteiger charge is 2.04. The third kappa shape index (κ3) is 4.53. The molecule has 0 spiro atoms. The molecule has 2 aromatic rings. The number of phenols is 1. The summed E-state index contributed by atoms with van der Waals surface area (Å²) in [6, 6.07) is 14.7. The fraction of sp³-hybridized carbons (Fsp3) is 0.235. The van der Waals surface area contributed by atoms with E-state index >= 15 is 0 Å². The van der Waals surface area contributed by atoms with Gasteiger partial charge in [0.05, 0.1) is 0 Å². The van der Waals surface area contributed by atoms with Crippen molar-refractivity contribution in [1.82, 2.24) is 0 Å². The number of phenolic OH excluding ortho intramolecular Hbond substituents is 1. The number of primary amides is 1. The smallest absolute Gasteiger partial charge is 0.248 e. The Hall–Kier alpha value is -2.49. The Morgan fingerprint density at radius 2 is 1.76 bits per heavy atom. The highest BCUT2D eigenvalue weighted by atomic mass is 16.3. The number of aromatic hydroxyl groups is 1. The van der Waals surface area contributed by atoms with Crippen molar-refractivity contribution < 1.29 is 9.90 Å². The summed E-state index contributed by atoms with van der Waals surface area (Å²) in [4.78, 5) is 11.0. The molecule has 1 amide bonds. The van der Waals surface area contributed by atoms with E-state index in [1.165, 1.54) is 5.56 Å². The van der Waals surface area contributed by atoms with Crippen molar-refractivity contribution in [2.24, 2.45) is 5.73 Å². The van der Waals surface area contributed by atoms with Crippen molar-refractivity contribution in [3.8, 4) is 5.75 Å². The Kier molecular flexibility index (Phi) is 4.82. The van der Waals surface area contributed by atoms with Crippen molar-refractivity contribution in [3.05, 3.63) is 59.7 Å². The second kappa shape index (κ2) is 6.79. The first-order valence-electron chi connectivity index (χ1n) is 6.99. The molecule has 0 bridgehead atoms. The first-order chi connectivity index (χ1) is 10.0. The summed E-state index contributed by atoms with van der Waals surface area (Å²) in [7, 11) is 0. The molecule has 0 saturated carbocycles. The van der Waals surface area contributed by atoms with Crippen LogP contribution in [0.3, 0.4) is 0 Å². The van der Waals surface area contributed by atoms with E-state index < -0.39 is 5.91 Å². The fourth-order valence-electron chi connectivity index (χ4n) is 2.13. The predicted octanol–water partition coefficient (Wildman–Crippen LogP) is 2.92. The standard InChI is InChI=1S/C17H20N2O2/c1-12(2-3-13-4-10-16(20)11-5-13)19-15-8-6-14(7-9-15)17(18)21/h4-12,19-20H,2-3H2,1H3,(H2,18,21). The SMILES string of the molecule is CC(CCc1ccc(O)cc1)Nc1ccc(C(N)=O)cc1. The lowest BCUT2D eigenvalue weighted by Gasteiger charge is -2.15. The molecular weight excluding hydrogens is 264 g/mol. The van der Waals surface area contributed by atoms with Gasteiger partial charge in [-0.2, -0.15) is 0 Å². The highest BCUT2D eigenvalue weighted by molar-refractivity contribution is 5.93. The number of benzene rings is 2. The van der Waals surface area contributed by atoms with E-state index in [9.17, 15) is 9.90 Å². The molecule has 0 aliphatic heterocycles. The second-order valence-electron chi connectivity index (χ2n) is 5.19. The number of carbonyl (C=O) groups is 1. The molecule has 0 aliphatic carbocycles. The summed E-state index contributed by atoms with van der Waals surface area (Å²) in [5.41, 5.74) is 7.89. The second-order valence-corrected chi connectivity index (χ2v) is 5.19. The van der Waals surface area contributed by atoms with E-state index in [0.29, 0.717) is 17.4 Å². The average Bonchev–Trinajstić information content (AvgIpc) is 2.47. The van der Waals surface area contributed by atoms with Crippen LogP contribution in [0.25, 0.3) is 0 Å². The lowest BCUT2D eigenvalue weighted by molar-refractivity contribution is 0.100. The Labute approximate surface area is 124 Å². The number of rotatable bonds is 6. The molecule has 0 aromatic heterocycles. The Bertz CT molecular complexity index is 591. The van der Waals surface area contributed by atoms with E-state index in [2.05, 4.69) is 12.2 Å². The number of carbonyl (C=O) groups excluding carboxylic acids is 1. The van der Waals surface area contributed by atoms with Gasteiger partial charge in [-0.1, -0.05) is 12.1 Å². The van der Waals surface area contributed by atoms with Gasteiger partial charge in [-0.3, -0.25) is 4.79 Å². The van der Waals surface area contributed by atoms with Crippen molar-refractivity contribution in [3.63, 3.8) is 0 Å². The van der Waals surface area contributed by atoms with Crippen molar-refractivity contribution in [1.29, 1.82) is 0 Å². The van der Waals surface area contributed by atoms with E-state index in [-0.39, 0.29) is 0 Å². The Morgan fingerprint density at radius 3 is 2.33 bits per heavy atom. The monoisotopic (exact) mass is 284 g/mol. The Morgan fingerprint density at radius 1 is 1.14 bits per heavy atom. The van der Waals surface area contributed by atoms with Gasteiger partial charge in [0, 0.05) is 17.3 Å². The van der Waals surface area contributed by atoms with Gasteiger partial charge in [0.2, 0.25) is 5.91 Å². The molecule has 1 atom stereocenters. The quantitative estimate of drug-likeness (QED) is 0.763. The van der Waals surface area contributed by atoms with E-state index in [0.717, 1.165) is 18.5 Å². The molecule has 2 aromatic carbocycles. The van der Waals surface area contributed by atoms with Crippen LogP contribution in [0.4, 0.5) is 5.69 Å². The topological polar surface area (TPSA) is 75.3 Å². The number of hydrogen-bond donors (Lipinski definition) is 3. The first-order valence-corrected chi connectivity index (χ1v) is 6.99. The fourth-order valence-corrected chi connectivity index (χ4v) is 2.13. The summed E-state index contributed by atoms with van der Waals surface area (Å²) in [6.07, 6.45) is 1.91. The molecule has 0 aliphatic rings. The lowest BCUT2D eigenvalue weighted by Crippen LogP contribution is -2.16. The van der Waals surface area contributed by atoms with E-state index in [4.69, 9.17) is 5.73 Å². The molecule has 0 fully saturated rings. The number of nitrogens with one attached hydrogen (secondary N) is 1. The van der Waals surface area contributed by atoms with Gasteiger partial charge >= 0.3 is 0 Å². The molecule has 4 heteroatoms. The van der Waals surface area contributed by atoms with Crippen molar-refractivity contribution >= 4 is 11.6 Å². The van der Waals surface area contributed by atoms with E-state index in [1.54, 1.807) is 24.3 Å². The first kappa shape index (κ1) is 14.9. The molecule has 0 saturated heterocycles. The number of aryl methyl sites for hydroxylation is 1. The number of hydrogen-bond acceptors (Lipinski definition) is 3. The molecule has 0 radical (unpaired) electrons. The average molecular weight is 284 g/mol. The van der Waals surface area contributed by atoms with Crippen LogP contribution in [0.1, 0.15) is 29.3 Å². The number of anilines is 1. The zero-order valence-corrected chi connectivity index (χ0v) is 12.0. The van der Waals surface area contributed by atoms with Crippen LogP contribution in [0, 0.1) is 0 Å². The van der Waals surface area contributed by atoms with Gasteiger partial charge in [-0.15, -0.1) is 0 Å². The Balaban J connectivity index is 1.85. The highest BCUT2D eigenvalue weighted by Crippen LogP contribution is 2.15. The molecule has 110 valence electrons. The third-order valence-corrected chi connectivity index (χ3v) is 3.38. The van der Waals surface area contributed by atoms with Crippen LogP contribution in [0.2, 0.25) is 0 Å². The molecule has 4 N–H and O–H groups in total. The summed E-state index contributed by atoms with van der Waals surface area (Å²) in [5.74, 6) is -0.124. The lowest BCUT2D eigenvalue weighted by atomic mass is 10.1. The predicted molar refractivity (Wildman–Crippen MR) is 84.5 cm³/mol. The van der Waals surface area contributed by atoms with Crippen molar-refractivity contribution in [2.75, 3.05) is 5.32 Å². The summed E-state index contributed by atoms with van der Waals surface area (Å²) < 4.78 is 0. The maximum atomic E-state index is 11.0. The van der Waals surface area contributed by atoms with Crippen LogP contribution in [0.15, 0.2) is 48.5 Å². The minimum absolute atomic E-state index is 0.291. The largest absolute Gasteiger partial charge is 0.508 e. The molecule has 0 heterocycles. The van der Waals surface area contributed by atoms with Crippen molar-refractivity contribution in [2.45, 2.75) is 25.8 Å². The van der Waals surface area contributed by atoms with E-state index in [1.807, 2.05) is 24.3 Å². The van der Waals surface area contributed by atoms with Gasteiger partial charge in [-0.25, -0.2) is 0 Å². The molecule has 21 heavy (non-hydrogen) atoms. The zero-order valence-electron chi connectivity index (χ0n) is 12.0. The molecule has 4 nitrogen and oxygen atoms in total. The maximum Gasteiger partial charge on any atom is 0.248 e. The van der Waals surface area contributed by atoms with Crippen LogP contribution in [0.5, 0.6) is 5.75 Å². The maximum absolute atomic E-state index is 11.0. The van der Waals surface area contributed by atoms with Gasteiger partial charge in [0.25, 0.3) is 0 Å². The summed E-state index contributed by atoms with van der Waals surface area (Å²) in [5, 5.41) is 12.6. The molecule has 2 rings (SSSR count). The van der Waals surface area contributed by atoms with Gasteiger partial charge in [0.15, 0.2) is 0 Å². The van der Waals surface area contributed by atoms with Crippen LogP contribution in [-0.4, -0.2) is 17.1 Å². The zero-order chi connectivity index (χ0) is 15.2.